The van der Waals surface area contributed by atoms with Crippen LogP contribution >= 0.6 is 11.3 Å². The number of nitrogens with one attached hydrogen (secondary N) is 2. The van der Waals surface area contributed by atoms with E-state index in [9.17, 15) is 9.59 Å². The van der Waals surface area contributed by atoms with Gasteiger partial charge in [-0.25, -0.2) is 4.98 Å². The highest BCUT2D eigenvalue weighted by Crippen LogP contribution is 2.29. The summed E-state index contributed by atoms with van der Waals surface area (Å²) in [7, 11) is 4.82. The predicted octanol–water partition coefficient (Wildman–Crippen LogP) is 3.03. The van der Waals surface area contributed by atoms with Crippen LogP contribution in [-0.2, 0) is 11.2 Å². The average molecular weight is 540 g/mol. The zero-order valence-electron chi connectivity index (χ0n) is 21.9. The largest absolute Gasteiger partial charge is 0.495 e. The number of carbonyl (C=O) groups is 2. The first-order chi connectivity index (χ1) is 18.5. The highest BCUT2D eigenvalue weighted by Gasteiger charge is 2.25. The Bertz CT molecular complexity index is 1240. The van der Waals surface area contributed by atoms with Gasteiger partial charge in [0.25, 0.3) is 5.91 Å². The minimum Gasteiger partial charge on any atom is -0.495 e. The lowest BCUT2D eigenvalue weighted by atomic mass is 10.1. The molecule has 0 saturated carbocycles. The van der Waals surface area contributed by atoms with E-state index in [0.717, 1.165) is 11.3 Å². The Labute approximate surface area is 226 Å². The summed E-state index contributed by atoms with van der Waals surface area (Å²) < 4.78 is 16.0. The molecule has 0 spiro atoms. The summed E-state index contributed by atoms with van der Waals surface area (Å²) in [5.41, 5.74) is 2.26. The van der Waals surface area contributed by atoms with Crippen molar-refractivity contribution in [2.75, 3.05) is 65.9 Å². The Morgan fingerprint density at radius 3 is 2.42 bits per heavy atom. The number of carbonyl (C=O) groups excluding carboxylic acids is 2. The summed E-state index contributed by atoms with van der Waals surface area (Å²) in [4.78, 5) is 33.8. The first-order valence-electron chi connectivity index (χ1n) is 12.4. The van der Waals surface area contributed by atoms with E-state index in [2.05, 4.69) is 20.5 Å². The van der Waals surface area contributed by atoms with Crippen LogP contribution in [0.1, 0.15) is 16.1 Å². The number of ether oxygens (including phenoxy) is 3. The van der Waals surface area contributed by atoms with E-state index in [0.29, 0.717) is 73.8 Å². The standard InChI is InChI=1S/C27H33N5O5S/c1-35-22-7-5-4-6-20(22)29-27-30-21(18-38-27)26(34)32-14-12-31(13-15-32)17-25(33)28-11-10-19-8-9-23(36-2)24(16-19)37-3/h4-9,16,18H,10-15,17H2,1-3H3,(H,28,33)(H,29,30). The van der Waals surface area contributed by atoms with Gasteiger partial charge in [-0.2, -0.15) is 0 Å². The fourth-order valence-corrected chi connectivity index (χ4v) is 4.90. The Kier molecular flexibility index (Phi) is 9.39. The minimum atomic E-state index is -0.103. The van der Waals surface area contributed by atoms with Gasteiger partial charge in [0, 0.05) is 38.1 Å². The molecule has 1 saturated heterocycles. The molecular weight excluding hydrogens is 506 g/mol. The van der Waals surface area contributed by atoms with Crippen molar-refractivity contribution in [1.29, 1.82) is 0 Å². The molecule has 202 valence electrons. The van der Waals surface area contributed by atoms with Gasteiger partial charge in [0.2, 0.25) is 5.91 Å². The van der Waals surface area contributed by atoms with Crippen LogP contribution in [0.25, 0.3) is 0 Å². The van der Waals surface area contributed by atoms with Gasteiger partial charge in [-0.05, 0) is 36.2 Å². The molecule has 2 aromatic carbocycles. The molecule has 3 aromatic rings. The summed E-state index contributed by atoms with van der Waals surface area (Å²) in [6, 6.07) is 13.3. The lowest BCUT2D eigenvalue weighted by Crippen LogP contribution is -2.51. The second kappa shape index (κ2) is 13.1. The monoisotopic (exact) mass is 539 g/mol. The highest BCUT2D eigenvalue weighted by atomic mass is 32.1. The van der Waals surface area contributed by atoms with Crippen LogP contribution in [-0.4, -0.2) is 87.2 Å². The van der Waals surface area contributed by atoms with Crippen molar-refractivity contribution >= 4 is 34.0 Å². The maximum absolute atomic E-state index is 13.0. The zero-order valence-corrected chi connectivity index (χ0v) is 22.7. The Morgan fingerprint density at radius 1 is 0.947 bits per heavy atom. The van der Waals surface area contributed by atoms with E-state index in [1.165, 1.54) is 11.3 Å². The van der Waals surface area contributed by atoms with Gasteiger partial charge in [-0.15, -0.1) is 11.3 Å². The fourth-order valence-electron chi connectivity index (χ4n) is 4.20. The van der Waals surface area contributed by atoms with Gasteiger partial charge in [-0.1, -0.05) is 18.2 Å². The van der Waals surface area contributed by atoms with Crippen molar-refractivity contribution in [1.82, 2.24) is 20.1 Å². The summed E-state index contributed by atoms with van der Waals surface area (Å²) in [5, 5.41) is 8.58. The quantitative estimate of drug-likeness (QED) is 0.383. The lowest BCUT2D eigenvalue weighted by molar-refractivity contribution is -0.122. The van der Waals surface area contributed by atoms with Gasteiger partial charge >= 0.3 is 0 Å². The molecule has 1 aliphatic rings. The molecule has 2 N–H and O–H groups in total. The molecule has 0 bridgehead atoms. The first-order valence-corrected chi connectivity index (χ1v) is 13.2. The molecular formula is C27H33N5O5S. The van der Waals surface area contributed by atoms with Crippen molar-refractivity contribution in [3.8, 4) is 17.2 Å². The van der Waals surface area contributed by atoms with Crippen molar-refractivity contribution < 1.29 is 23.8 Å². The van der Waals surface area contributed by atoms with E-state index in [1.807, 2.05) is 42.5 Å². The number of aromatic nitrogens is 1. The van der Waals surface area contributed by atoms with Crippen LogP contribution in [0.4, 0.5) is 10.8 Å². The van der Waals surface area contributed by atoms with E-state index in [-0.39, 0.29) is 11.8 Å². The topological polar surface area (TPSA) is 105 Å². The maximum Gasteiger partial charge on any atom is 0.273 e. The van der Waals surface area contributed by atoms with Crippen LogP contribution < -0.4 is 24.8 Å². The van der Waals surface area contributed by atoms with Gasteiger partial charge in [0.05, 0.1) is 33.6 Å². The molecule has 38 heavy (non-hydrogen) atoms. The van der Waals surface area contributed by atoms with Crippen molar-refractivity contribution in [2.24, 2.45) is 0 Å². The zero-order chi connectivity index (χ0) is 26.9. The predicted molar refractivity (Wildman–Crippen MR) is 147 cm³/mol. The molecule has 1 aromatic heterocycles. The number of nitrogens with zero attached hydrogens (tertiary/aromatic N) is 3. The van der Waals surface area contributed by atoms with E-state index >= 15 is 0 Å². The summed E-state index contributed by atoms with van der Waals surface area (Å²) in [6.07, 6.45) is 0.690. The Morgan fingerprint density at radius 2 is 1.68 bits per heavy atom. The Balaban J connectivity index is 1.20. The number of amides is 2. The summed E-state index contributed by atoms with van der Waals surface area (Å²) >= 11 is 1.37. The molecule has 0 aliphatic carbocycles. The molecule has 0 radical (unpaired) electrons. The first kappa shape index (κ1) is 27.2. The van der Waals surface area contributed by atoms with Crippen molar-refractivity contribution in [3.05, 3.63) is 59.1 Å². The van der Waals surface area contributed by atoms with Gasteiger partial charge < -0.3 is 29.7 Å². The number of thiazole rings is 1. The summed E-state index contributed by atoms with van der Waals surface area (Å²) in [6.45, 7) is 3.19. The van der Waals surface area contributed by atoms with Crippen LogP contribution in [0.3, 0.4) is 0 Å². The molecule has 10 nitrogen and oxygen atoms in total. The second-order valence-corrected chi connectivity index (χ2v) is 9.58. The average Bonchev–Trinajstić information content (AvgIpc) is 3.41. The SMILES string of the molecule is COc1ccccc1Nc1nc(C(=O)N2CCN(CC(=O)NCCc3ccc(OC)c(OC)c3)CC2)cs1. The number of rotatable bonds is 11. The highest BCUT2D eigenvalue weighted by molar-refractivity contribution is 7.14. The summed E-state index contributed by atoms with van der Waals surface area (Å²) in [5.74, 6) is 1.92. The number of anilines is 2. The van der Waals surface area contributed by atoms with Gasteiger partial charge in [0.15, 0.2) is 16.6 Å². The molecule has 11 heteroatoms. The van der Waals surface area contributed by atoms with Gasteiger partial charge in [0.1, 0.15) is 11.4 Å². The van der Waals surface area contributed by atoms with Crippen molar-refractivity contribution in [3.63, 3.8) is 0 Å². The number of methoxy groups -OCH3 is 3. The molecule has 2 amide bonds. The van der Waals surface area contributed by atoms with Crippen LogP contribution in [0, 0.1) is 0 Å². The molecule has 0 atom stereocenters. The van der Waals surface area contributed by atoms with Crippen LogP contribution in [0.15, 0.2) is 47.8 Å². The number of hydrogen-bond acceptors (Lipinski definition) is 9. The molecule has 4 rings (SSSR count). The lowest BCUT2D eigenvalue weighted by Gasteiger charge is -2.33. The van der Waals surface area contributed by atoms with Gasteiger partial charge in [-0.3, -0.25) is 14.5 Å². The number of benzene rings is 2. The smallest absolute Gasteiger partial charge is 0.273 e. The van der Waals surface area contributed by atoms with Crippen LogP contribution in [0.5, 0.6) is 17.2 Å². The Hall–Kier alpha value is -3.83. The second-order valence-electron chi connectivity index (χ2n) is 8.72. The van der Waals surface area contributed by atoms with Crippen molar-refractivity contribution in [2.45, 2.75) is 6.42 Å². The van der Waals surface area contributed by atoms with E-state index in [1.54, 1.807) is 31.6 Å². The van der Waals surface area contributed by atoms with Crippen LogP contribution in [0.2, 0.25) is 0 Å². The maximum atomic E-state index is 13.0. The fraction of sp³-hybridized carbons (Fsp3) is 0.370. The molecule has 1 aliphatic heterocycles. The minimum absolute atomic E-state index is 0.0307. The molecule has 1 fully saturated rings. The van der Waals surface area contributed by atoms with E-state index in [4.69, 9.17) is 14.2 Å². The molecule has 0 unspecified atom stereocenters. The normalized spacial score (nSPS) is 13.6. The number of piperazine rings is 1. The third-order valence-corrected chi connectivity index (χ3v) is 7.04. The third-order valence-electron chi connectivity index (χ3n) is 6.28. The molecule has 2 heterocycles. The number of para-hydroxylation sites is 2. The van der Waals surface area contributed by atoms with E-state index < -0.39 is 0 Å². The number of hydrogen-bond donors (Lipinski definition) is 2. The third kappa shape index (κ3) is 6.93.